The van der Waals surface area contributed by atoms with E-state index in [2.05, 4.69) is 31.6 Å². The highest BCUT2D eigenvalue weighted by atomic mass is 16.5. The van der Waals surface area contributed by atoms with Crippen molar-refractivity contribution in [3.63, 3.8) is 0 Å². The Kier molecular flexibility index (Phi) is 8.85. The van der Waals surface area contributed by atoms with Crippen LogP contribution in [0.15, 0.2) is 30.5 Å². The highest BCUT2D eigenvalue weighted by Gasteiger charge is 2.33. The highest BCUT2D eigenvalue weighted by molar-refractivity contribution is 6.00. The van der Waals surface area contributed by atoms with Gasteiger partial charge in [0.25, 0.3) is 5.91 Å². The second-order valence-electron chi connectivity index (χ2n) is 10.0. The molecule has 1 aliphatic heterocycles. The number of hydrogen-bond acceptors (Lipinski definition) is 7. The molecule has 2 aromatic rings. The molecule has 200 valence electrons. The summed E-state index contributed by atoms with van der Waals surface area (Å²) in [7, 11) is 0. The predicted octanol–water partition coefficient (Wildman–Crippen LogP) is 0.531. The average molecular weight is 514 g/mol. The van der Waals surface area contributed by atoms with Gasteiger partial charge in [-0.1, -0.05) is 25.1 Å². The lowest BCUT2D eigenvalue weighted by molar-refractivity contribution is -0.133. The third-order valence-corrected chi connectivity index (χ3v) is 5.79. The SMILES string of the molecule is CC(C)C[C@H]1NC(=O)[C@@H](C)NC(=O)C(C)(C)NC(=O)c2cccc(c2)OCCn2cc(nn2)CNC1=O. The van der Waals surface area contributed by atoms with E-state index in [4.69, 9.17) is 4.74 Å². The van der Waals surface area contributed by atoms with Crippen molar-refractivity contribution in [2.75, 3.05) is 6.61 Å². The van der Waals surface area contributed by atoms with Gasteiger partial charge in [-0.15, -0.1) is 5.10 Å². The van der Waals surface area contributed by atoms with Gasteiger partial charge < -0.3 is 26.0 Å². The minimum atomic E-state index is -1.32. The Morgan fingerprint density at radius 2 is 1.89 bits per heavy atom. The van der Waals surface area contributed by atoms with Crippen molar-refractivity contribution in [2.45, 2.75) is 71.8 Å². The van der Waals surface area contributed by atoms with E-state index < -0.39 is 35.3 Å². The van der Waals surface area contributed by atoms with Gasteiger partial charge in [0.05, 0.1) is 19.3 Å². The smallest absolute Gasteiger partial charge is 0.252 e. The van der Waals surface area contributed by atoms with Crippen LogP contribution in [0, 0.1) is 5.92 Å². The fourth-order valence-corrected chi connectivity index (χ4v) is 3.67. The first-order valence-electron chi connectivity index (χ1n) is 12.3. The van der Waals surface area contributed by atoms with Crippen LogP contribution in [0.5, 0.6) is 5.75 Å². The van der Waals surface area contributed by atoms with Gasteiger partial charge in [0, 0.05) is 5.56 Å². The fourth-order valence-electron chi connectivity index (χ4n) is 3.67. The Balaban J connectivity index is 1.84. The van der Waals surface area contributed by atoms with Gasteiger partial charge in [-0.3, -0.25) is 19.2 Å². The van der Waals surface area contributed by atoms with Crippen LogP contribution in [0.2, 0.25) is 0 Å². The van der Waals surface area contributed by atoms with Gasteiger partial charge in [-0.2, -0.15) is 0 Å². The largest absolute Gasteiger partial charge is 0.492 e. The zero-order valence-electron chi connectivity index (χ0n) is 21.8. The molecule has 12 nitrogen and oxygen atoms in total. The van der Waals surface area contributed by atoms with Gasteiger partial charge in [0.1, 0.15) is 35.7 Å². The van der Waals surface area contributed by atoms with Crippen molar-refractivity contribution in [3.05, 3.63) is 41.7 Å². The van der Waals surface area contributed by atoms with Gasteiger partial charge in [0.15, 0.2) is 0 Å². The molecule has 1 aliphatic rings. The summed E-state index contributed by atoms with van der Waals surface area (Å²) in [5, 5.41) is 19.0. The first-order chi connectivity index (χ1) is 17.4. The second-order valence-corrected chi connectivity index (χ2v) is 10.0. The Hall–Kier alpha value is -3.96. The number of rotatable bonds is 2. The van der Waals surface area contributed by atoms with Gasteiger partial charge in [-0.05, 0) is 51.3 Å². The summed E-state index contributed by atoms with van der Waals surface area (Å²) in [6, 6.07) is 4.85. The summed E-state index contributed by atoms with van der Waals surface area (Å²) in [4.78, 5) is 51.6. The molecular weight excluding hydrogens is 478 g/mol. The molecule has 2 atom stereocenters. The van der Waals surface area contributed by atoms with Crippen LogP contribution < -0.4 is 26.0 Å². The summed E-state index contributed by atoms with van der Waals surface area (Å²) >= 11 is 0. The van der Waals surface area contributed by atoms with Gasteiger partial charge in [-0.25, -0.2) is 4.68 Å². The van der Waals surface area contributed by atoms with E-state index in [0.717, 1.165) is 0 Å². The molecule has 0 aliphatic carbocycles. The van der Waals surface area contributed by atoms with Crippen molar-refractivity contribution >= 4 is 23.6 Å². The Labute approximate surface area is 215 Å². The van der Waals surface area contributed by atoms with Gasteiger partial charge in [0.2, 0.25) is 17.7 Å². The fraction of sp³-hybridized carbons (Fsp3) is 0.520. The topological polar surface area (TPSA) is 156 Å². The van der Waals surface area contributed by atoms with Crippen LogP contribution >= 0.6 is 0 Å². The average Bonchev–Trinajstić information content (AvgIpc) is 3.28. The molecule has 1 aromatic heterocycles. The van der Waals surface area contributed by atoms with Crippen molar-refractivity contribution < 1.29 is 23.9 Å². The molecule has 12 heteroatoms. The standard InChI is InChI=1S/C25H35N7O5/c1-15(2)11-20-23(35)26-13-18-14-32(31-30-18)9-10-37-19-8-6-7-17(12-19)22(34)29-25(4,5)24(36)27-16(3)21(33)28-20/h6-8,12,14-16,20H,9-11,13H2,1-5H3,(H,26,35)(H,27,36)(H,28,33)(H,29,34)/t16-,20-/m1/s1. The van der Waals surface area contributed by atoms with Crippen LogP contribution in [0.4, 0.5) is 0 Å². The highest BCUT2D eigenvalue weighted by Crippen LogP contribution is 2.15. The third kappa shape index (κ3) is 7.76. The van der Waals surface area contributed by atoms with E-state index in [0.29, 0.717) is 30.0 Å². The number of carbonyl (C=O) groups is 4. The second kappa shape index (κ2) is 11.8. The lowest BCUT2D eigenvalue weighted by Crippen LogP contribution is -2.59. The van der Waals surface area contributed by atoms with Gasteiger partial charge >= 0.3 is 0 Å². The molecule has 1 aromatic carbocycles. The Morgan fingerprint density at radius 3 is 2.62 bits per heavy atom. The van der Waals surface area contributed by atoms with E-state index in [1.807, 2.05) is 13.8 Å². The van der Waals surface area contributed by atoms with Crippen LogP contribution in [0.1, 0.15) is 57.1 Å². The summed E-state index contributed by atoms with van der Waals surface area (Å²) in [6.45, 7) is 9.30. The number of amides is 4. The molecule has 0 radical (unpaired) electrons. The third-order valence-electron chi connectivity index (χ3n) is 5.79. The number of nitrogens with one attached hydrogen (secondary N) is 4. The van der Waals surface area contributed by atoms with Crippen molar-refractivity contribution in [3.8, 4) is 5.75 Å². The Morgan fingerprint density at radius 1 is 1.14 bits per heavy atom. The van der Waals surface area contributed by atoms with Crippen LogP contribution in [0.3, 0.4) is 0 Å². The van der Waals surface area contributed by atoms with Crippen molar-refractivity contribution in [1.82, 2.24) is 36.3 Å². The van der Waals surface area contributed by atoms with Crippen molar-refractivity contribution in [1.29, 1.82) is 0 Å². The monoisotopic (exact) mass is 513 g/mol. The van der Waals surface area contributed by atoms with Crippen LogP contribution in [0.25, 0.3) is 0 Å². The first-order valence-corrected chi connectivity index (χ1v) is 12.3. The maximum atomic E-state index is 12.9. The summed E-state index contributed by atoms with van der Waals surface area (Å²) in [5.74, 6) is -1.29. The molecule has 0 fully saturated rings. The van der Waals surface area contributed by atoms with E-state index in [1.54, 1.807) is 49.0 Å². The molecule has 0 spiro atoms. The molecular formula is C25H35N7O5. The molecule has 4 N–H and O–H groups in total. The number of fused-ring (bicyclic) bond motifs is 4. The number of aromatic nitrogens is 3. The summed E-state index contributed by atoms with van der Waals surface area (Å²) < 4.78 is 7.36. The normalized spacial score (nSPS) is 21.6. The lowest BCUT2D eigenvalue weighted by Gasteiger charge is -2.28. The molecule has 0 saturated carbocycles. The molecule has 4 amide bonds. The Bertz CT molecular complexity index is 1140. The van der Waals surface area contributed by atoms with Crippen LogP contribution in [-0.2, 0) is 27.5 Å². The zero-order valence-corrected chi connectivity index (χ0v) is 21.8. The lowest BCUT2D eigenvalue weighted by atomic mass is 10.0. The molecule has 3 rings (SSSR count). The summed E-state index contributed by atoms with van der Waals surface area (Å²) in [5.41, 5.74) is -0.449. The molecule has 37 heavy (non-hydrogen) atoms. The van der Waals surface area contributed by atoms with E-state index in [1.165, 1.54) is 6.92 Å². The predicted molar refractivity (Wildman–Crippen MR) is 134 cm³/mol. The molecule has 2 heterocycles. The van der Waals surface area contributed by atoms with Crippen molar-refractivity contribution in [2.24, 2.45) is 5.92 Å². The number of nitrogens with zero attached hydrogens (tertiary/aromatic N) is 3. The quantitative estimate of drug-likeness (QED) is 0.456. The molecule has 4 bridgehead atoms. The molecule has 0 unspecified atom stereocenters. The zero-order chi connectivity index (χ0) is 27.2. The minimum absolute atomic E-state index is 0.128. The van der Waals surface area contributed by atoms with E-state index in [9.17, 15) is 19.2 Å². The number of ether oxygens (including phenoxy) is 1. The minimum Gasteiger partial charge on any atom is -0.492 e. The van der Waals surface area contributed by atoms with E-state index >= 15 is 0 Å². The maximum Gasteiger partial charge on any atom is 0.252 e. The number of carbonyl (C=O) groups excluding carboxylic acids is 4. The molecule has 0 saturated heterocycles. The van der Waals surface area contributed by atoms with Crippen LogP contribution in [-0.4, -0.2) is 62.9 Å². The first kappa shape index (κ1) is 27.6. The van der Waals surface area contributed by atoms with E-state index in [-0.39, 0.29) is 25.0 Å². The maximum absolute atomic E-state index is 12.9. The number of benzene rings is 1. The number of hydrogen-bond donors (Lipinski definition) is 4. The summed E-state index contributed by atoms with van der Waals surface area (Å²) in [6.07, 6.45) is 2.11.